The molecule has 1 aromatic heterocycles. The summed E-state index contributed by atoms with van der Waals surface area (Å²) < 4.78 is 0. The first-order valence-corrected chi connectivity index (χ1v) is 5.53. The van der Waals surface area contributed by atoms with Gasteiger partial charge in [-0.15, -0.1) is 0 Å². The normalized spacial score (nSPS) is 20.1. The summed E-state index contributed by atoms with van der Waals surface area (Å²) in [4.78, 5) is 0. The van der Waals surface area contributed by atoms with Crippen LogP contribution < -0.4 is 0 Å². The summed E-state index contributed by atoms with van der Waals surface area (Å²) >= 11 is 0. The Morgan fingerprint density at radius 3 is 2.93 bits per heavy atom. The number of aliphatic hydroxyl groups is 1. The molecule has 1 unspecified atom stereocenters. The van der Waals surface area contributed by atoms with Crippen molar-refractivity contribution in [2.45, 2.75) is 44.6 Å². The maximum Gasteiger partial charge on any atom is 0.0820 e. The average Bonchev–Trinajstić information content (AvgIpc) is 2.87. The van der Waals surface area contributed by atoms with Crippen LogP contribution in [0.4, 0.5) is 0 Å². The highest BCUT2D eigenvalue weighted by Gasteiger charge is 2.17. The molecule has 1 aliphatic carbocycles. The minimum Gasteiger partial charge on any atom is -0.388 e. The van der Waals surface area contributed by atoms with Gasteiger partial charge in [0.2, 0.25) is 0 Å². The fraction of sp³-hybridized carbons (Fsp3) is 0.727. The highest BCUT2D eigenvalue weighted by atomic mass is 16.3. The van der Waals surface area contributed by atoms with Gasteiger partial charge in [-0.2, -0.15) is 5.10 Å². The van der Waals surface area contributed by atoms with Gasteiger partial charge >= 0.3 is 0 Å². The Morgan fingerprint density at radius 2 is 2.29 bits per heavy atom. The second-order valence-corrected chi connectivity index (χ2v) is 4.28. The molecular weight excluding hydrogens is 176 g/mol. The van der Waals surface area contributed by atoms with Crippen molar-refractivity contribution in [2.75, 3.05) is 0 Å². The fourth-order valence-corrected chi connectivity index (χ4v) is 2.30. The van der Waals surface area contributed by atoms with Gasteiger partial charge in [-0.25, -0.2) is 0 Å². The van der Waals surface area contributed by atoms with Crippen molar-refractivity contribution < 1.29 is 5.11 Å². The van der Waals surface area contributed by atoms with E-state index in [2.05, 4.69) is 10.2 Å². The van der Waals surface area contributed by atoms with Gasteiger partial charge in [0, 0.05) is 11.8 Å². The third-order valence-electron chi connectivity index (χ3n) is 3.23. The van der Waals surface area contributed by atoms with Gasteiger partial charge in [-0.3, -0.25) is 5.10 Å². The van der Waals surface area contributed by atoms with Gasteiger partial charge in [0.15, 0.2) is 0 Å². The Balaban J connectivity index is 1.74. The molecule has 1 aromatic rings. The third kappa shape index (κ3) is 2.35. The summed E-state index contributed by atoms with van der Waals surface area (Å²) in [5.74, 6) is 0.858. The molecule has 0 amide bonds. The van der Waals surface area contributed by atoms with E-state index in [-0.39, 0.29) is 6.10 Å². The fourth-order valence-electron chi connectivity index (χ4n) is 2.30. The van der Waals surface area contributed by atoms with Gasteiger partial charge in [0.05, 0.1) is 12.3 Å². The molecule has 0 bridgehead atoms. The first-order valence-electron chi connectivity index (χ1n) is 5.53. The molecule has 0 saturated heterocycles. The SMILES string of the molecule is OC(CCC1CCCC1)c1cn[nH]c1. The van der Waals surface area contributed by atoms with Crippen LogP contribution in [0.5, 0.6) is 0 Å². The topological polar surface area (TPSA) is 48.9 Å². The van der Waals surface area contributed by atoms with Crippen LogP contribution in [0.1, 0.15) is 50.2 Å². The van der Waals surface area contributed by atoms with E-state index in [0.29, 0.717) is 0 Å². The second-order valence-electron chi connectivity index (χ2n) is 4.28. The van der Waals surface area contributed by atoms with Crippen molar-refractivity contribution in [3.63, 3.8) is 0 Å². The standard InChI is InChI=1S/C11H18N2O/c14-11(10-7-12-13-8-10)6-5-9-3-1-2-4-9/h7-9,11,14H,1-6H2,(H,12,13). The summed E-state index contributed by atoms with van der Waals surface area (Å²) in [5.41, 5.74) is 0.919. The van der Waals surface area contributed by atoms with Crippen LogP contribution in [-0.2, 0) is 0 Å². The van der Waals surface area contributed by atoms with E-state index in [1.807, 2.05) is 0 Å². The van der Waals surface area contributed by atoms with Crippen LogP contribution in [-0.4, -0.2) is 15.3 Å². The quantitative estimate of drug-likeness (QED) is 0.773. The Morgan fingerprint density at radius 1 is 1.50 bits per heavy atom. The van der Waals surface area contributed by atoms with E-state index >= 15 is 0 Å². The van der Waals surface area contributed by atoms with E-state index in [1.165, 1.54) is 25.7 Å². The molecule has 0 aliphatic heterocycles. The van der Waals surface area contributed by atoms with Crippen LogP contribution in [0.15, 0.2) is 12.4 Å². The summed E-state index contributed by atoms with van der Waals surface area (Å²) in [6.07, 6.45) is 10.7. The molecule has 1 heterocycles. The highest BCUT2D eigenvalue weighted by Crippen LogP contribution is 2.31. The number of rotatable bonds is 4. The predicted molar refractivity (Wildman–Crippen MR) is 54.7 cm³/mol. The van der Waals surface area contributed by atoms with Gasteiger partial charge in [-0.05, 0) is 18.8 Å². The van der Waals surface area contributed by atoms with Crippen LogP contribution in [0.25, 0.3) is 0 Å². The monoisotopic (exact) mass is 194 g/mol. The highest BCUT2D eigenvalue weighted by molar-refractivity contribution is 5.06. The zero-order valence-electron chi connectivity index (χ0n) is 8.45. The third-order valence-corrected chi connectivity index (χ3v) is 3.23. The lowest BCUT2D eigenvalue weighted by Crippen LogP contribution is -2.00. The number of aromatic nitrogens is 2. The number of aromatic amines is 1. The molecule has 14 heavy (non-hydrogen) atoms. The lowest BCUT2D eigenvalue weighted by Gasteiger charge is -2.12. The number of aliphatic hydroxyl groups excluding tert-OH is 1. The summed E-state index contributed by atoms with van der Waals surface area (Å²) in [5, 5.41) is 16.4. The molecule has 3 nitrogen and oxygen atoms in total. The van der Waals surface area contributed by atoms with E-state index in [0.717, 1.165) is 24.3 Å². The first-order chi connectivity index (χ1) is 6.86. The summed E-state index contributed by atoms with van der Waals surface area (Å²) in [6.45, 7) is 0. The molecular formula is C11H18N2O. The molecule has 0 spiro atoms. The van der Waals surface area contributed by atoms with Gasteiger partial charge in [0.1, 0.15) is 0 Å². The number of nitrogens with zero attached hydrogens (tertiary/aromatic N) is 1. The molecule has 3 heteroatoms. The van der Waals surface area contributed by atoms with Gasteiger partial charge in [-0.1, -0.05) is 25.7 Å². The predicted octanol–water partition coefficient (Wildman–Crippen LogP) is 2.41. The lowest BCUT2D eigenvalue weighted by molar-refractivity contribution is 0.157. The molecule has 1 saturated carbocycles. The lowest BCUT2D eigenvalue weighted by atomic mass is 9.98. The number of hydrogen-bond donors (Lipinski definition) is 2. The smallest absolute Gasteiger partial charge is 0.0820 e. The zero-order chi connectivity index (χ0) is 9.80. The molecule has 0 radical (unpaired) electrons. The number of nitrogens with one attached hydrogen (secondary N) is 1. The number of H-pyrrole nitrogens is 1. The van der Waals surface area contributed by atoms with E-state index in [1.54, 1.807) is 12.4 Å². The van der Waals surface area contributed by atoms with Crippen molar-refractivity contribution in [1.82, 2.24) is 10.2 Å². The molecule has 1 atom stereocenters. The van der Waals surface area contributed by atoms with E-state index in [9.17, 15) is 5.11 Å². The maximum absolute atomic E-state index is 9.81. The van der Waals surface area contributed by atoms with E-state index in [4.69, 9.17) is 0 Å². The molecule has 1 fully saturated rings. The van der Waals surface area contributed by atoms with Gasteiger partial charge < -0.3 is 5.11 Å². The van der Waals surface area contributed by atoms with Crippen molar-refractivity contribution in [3.05, 3.63) is 18.0 Å². The Bertz CT molecular complexity index is 252. The van der Waals surface area contributed by atoms with Crippen LogP contribution in [0, 0.1) is 5.92 Å². The molecule has 1 aliphatic rings. The van der Waals surface area contributed by atoms with Crippen LogP contribution in [0.3, 0.4) is 0 Å². The van der Waals surface area contributed by atoms with Crippen molar-refractivity contribution in [3.8, 4) is 0 Å². The Kier molecular flexibility index (Phi) is 3.19. The minimum absolute atomic E-state index is 0.325. The Labute approximate surface area is 84.5 Å². The van der Waals surface area contributed by atoms with Crippen molar-refractivity contribution in [2.24, 2.45) is 5.92 Å². The Hall–Kier alpha value is -0.830. The van der Waals surface area contributed by atoms with E-state index < -0.39 is 0 Å². The molecule has 78 valence electrons. The minimum atomic E-state index is -0.325. The first kappa shape index (κ1) is 9.71. The van der Waals surface area contributed by atoms with Gasteiger partial charge in [0.25, 0.3) is 0 Å². The van der Waals surface area contributed by atoms with Crippen molar-refractivity contribution in [1.29, 1.82) is 0 Å². The maximum atomic E-state index is 9.81. The molecule has 2 N–H and O–H groups in total. The molecule has 2 rings (SSSR count). The molecule has 0 aromatic carbocycles. The zero-order valence-corrected chi connectivity index (χ0v) is 8.45. The largest absolute Gasteiger partial charge is 0.388 e. The summed E-state index contributed by atoms with van der Waals surface area (Å²) in [7, 11) is 0. The van der Waals surface area contributed by atoms with Crippen LogP contribution in [0.2, 0.25) is 0 Å². The van der Waals surface area contributed by atoms with Crippen molar-refractivity contribution >= 4 is 0 Å². The average molecular weight is 194 g/mol. The second kappa shape index (κ2) is 4.60. The number of hydrogen-bond acceptors (Lipinski definition) is 2. The van der Waals surface area contributed by atoms with Crippen LogP contribution >= 0.6 is 0 Å². The summed E-state index contributed by atoms with van der Waals surface area (Å²) in [6, 6.07) is 0.